The molecule has 2 aliphatic heterocycles. The first-order valence-electron chi connectivity index (χ1n) is 11.0. The molecular weight excluding hydrogens is 436 g/mol. The minimum absolute atomic E-state index is 0.0291. The fourth-order valence-electron chi connectivity index (χ4n) is 4.10. The van der Waals surface area contributed by atoms with E-state index in [-0.39, 0.29) is 18.1 Å². The second-order valence-electron chi connectivity index (χ2n) is 8.24. The Morgan fingerprint density at radius 3 is 3.03 bits per heavy atom. The van der Waals surface area contributed by atoms with Crippen LogP contribution in [-0.4, -0.2) is 42.0 Å². The largest absolute Gasteiger partial charge is 0.490 e. The van der Waals surface area contributed by atoms with Crippen LogP contribution in [0.2, 0.25) is 0 Å². The third-order valence-corrected chi connectivity index (χ3v) is 6.97. The number of anilines is 1. The molecule has 2 aromatic carbocycles. The van der Waals surface area contributed by atoms with E-state index in [9.17, 15) is 10.1 Å². The Morgan fingerprint density at radius 2 is 2.18 bits per heavy atom. The molecule has 0 unspecified atom stereocenters. The molecule has 2 atom stereocenters. The quantitative estimate of drug-likeness (QED) is 0.576. The van der Waals surface area contributed by atoms with E-state index in [1.165, 1.54) is 0 Å². The van der Waals surface area contributed by atoms with Crippen LogP contribution < -0.4 is 15.4 Å². The number of nitrogens with one attached hydrogen (secondary N) is 2. The van der Waals surface area contributed by atoms with Crippen molar-refractivity contribution in [2.75, 3.05) is 24.3 Å². The first-order valence-corrected chi connectivity index (χ1v) is 12.0. The number of amides is 1. The molecule has 5 rings (SSSR count). The lowest BCUT2D eigenvalue weighted by Gasteiger charge is -2.30. The van der Waals surface area contributed by atoms with Gasteiger partial charge in [0, 0.05) is 29.1 Å². The van der Waals surface area contributed by atoms with Gasteiger partial charge in [-0.1, -0.05) is 6.07 Å². The minimum Gasteiger partial charge on any atom is -0.490 e. The summed E-state index contributed by atoms with van der Waals surface area (Å²) >= 11 is 1.58. The Morgan fingerprint density at radius 1 is 1.24 bits per heavy atom. The zero-order chi connectivity index (χ0) is 22.6. The van der Waals surface area contributed by atoms with Gasteiger partial charge in [0.2, 0.25) is 5.91 Å². The molecule has 7 nitrogen and oxygen atoms in total. The van der Waals surface area contributed by atoms with Gasteiger partial charge in [-0.05, 0) is 54.8 Å². The highest BCUT2D eigenvalue weighted by Gasteiger charge is 2.22. The van der Waals surface area contributed by atoms with Crippen LogP contribution in [0.1, 0.15) is 24.0 Å². The molecule has 0 saturated carbocycles. The van der Waals surface area contributed by atoms with Gasteiger partial charge >= 0.3 is 0 Å². The molecule has 168 valence electrons. The van der Waals surface area contributed by atoms with E-state index in [0.29, 0.717) is 24.5 Å². The lowest BCUT2D eigenvalue weighted by Crippen LogP contribution is -2.41. The van der Waals surface area contributed by atoms with Gasteiger partial charge in [-0.15, -0.1) is 11.8 Å². The summed E-state index contributed by atoms with van der Waals surface area (Å²) in [7, 11) is 0. The summed E-state index contributed by atoms with van der Waals surface area (Å²) in [6, 6.07) is 15.9. The molecule has 2 aliphatic rings. The Hall–Kier alpha value is -3.12. The molecule has 3 heterocycles. The third kappa shape index (κ3) is 5.11. The number of nitriles is 1. The van der Waals surface area contributed by atoms with E-state index in [4.69, 9.17) is 9.47 Å². The predicted molar refractivity (Wildman–Crippen MR) is 127 cm³/mol. The minimum atomic E-state index is 0.0291. The predicted octanol–water partition coefficient (Wildman–Crippen LogP) is 3.87. The Kier molecular flexibility index (Phi) is 6.44. The van der Waals surface area contributed by atoms with Crippen molar-refractivity contribution in [3.05, 3.63) is 59.8 Å². The van der Waals surface area contributed by atoms with Crippen molar-refractivity contribution in [2.45, 2.75) is 36.4 Å². The molecule has 1 aromatic heterocycles. The number of benzene rings is 2. The van der Waals surface area contributed by atoms with Crippen molar-refractivity contribution in [1.29, 1.82) is 5.26 Å². The number of carbonyl (C=O) groups excluding carboxylic acids is 1. The van der Waals surface area contributed by atoms with Gasteiger partial charge in [-0.25, -0.2) is 0 Å². The zero-order valence-electron chi connectivity index (χ0n) is 18.0. The molecule has 1 saturated heterocycles. The van der Waals surface area contributed by atoms with Crippen LogP contribution in [0.15, 0.2) is 53.6 Å². The van der Waals surface area contributed by atoms with Crippen LogP contribution in [0, 0.1) is 11.3 Å². The number of nitrogens with zero attached hydrogens (tertiary/aromatic N) is 2. The van der Waals surface area contributed by atoms with Crippen LogP contribution >= 0.6 is 11.8 Å². The molecule has 0 radical (unpaired) electrons. The maximum atomic E-state index is 11.6. The van der Waals surface area contributed by atoms with Crippen LogP contribution in [0.4, 0.5) is 5.69 Å². The average molecular weight is 461 g/mol. The first-order chi connectivity index (χ1) is 16.2. The molecule has 2 N–H and O–H groups in total. The highest BCUT2D eigenvalue weighted by molar-refractivity contribution is 8.00. The van der Waals surface area contributed by atoms with E-state index in [1.54, 1.807) is 24.0 Å². The highest BCUT2D eigenvalue weighted by Crippen LogP contribution is 2.32. The number of rotatable bonds is 6. The van der Waals surface area contributed by atoms with Gasteiger partial charge in [0.15, 0.2) is 0 Å². The molecule has 3 aromatic rings. The molecule has 1 amide bonds. The molecule has 1 fully saturated rings. The summed E-state index contributed by atoms with van der Waals surface area (Å²) in [4.78, 5) is 17.1. The van der Waals surface area contributed by atoms with Crippen molar-refractivity contribution in [1.82, 2.24) is 10.3 Å². The normalized spacial score (nSPS) is 20.0. The van der Waals surface area contributed by atoms with Gasteiger partial charge in [0.1, 0.15) is 12.4 Å². The molecule has 8 heteroatoms. The number of hydrogen-bond donors (Lipinski definition) is 2. The summed E-state index contributed by atoms with van der Waals surface area (Å²) in [5.74, 6) is 1.25. The van der Waals surface area contributed by atoms with E-state index in [2.05, 4.69) is 33.8 Å². The van der Waals surface area contributed by atoms with Crippen LogP contribution in [0.3, 0.4) is 0 Å². The number of pyridine rings is 1. The summed E-state index contributed by atoms with van der Waals surface area (Å²) < 4.78 is 12.1. The highest BCUT2D eigenvalue weighted by atomic mass is 32.2. The first kappa shape index (κ1) is 21.7. The average Bonchev–Trinajstić information content (AvgIpc) is 2.86. The number of aromatic nitrogens is 1. The number of carbonyl (C=O) groups is 1. The van der Waals surface area contributed by atoms with Crippen molar-refractivity contribution in [3.8, 4) is 11.8 Å². The fourth-order valence-corrected chi connectivity index (χ4v) is 4.89. The van der Waals surface area contributed by atoms with Gasteiger partial charge in [0.25, 0.3) is 0 Å². The number of thioether (sulfide) groups is 1. The number of ether oxygens (including phenoxy) is 2. The topological polar surface area (TPSA) is 96.3 Å². The zero-order valence-corrected chi connectivity index (χ0v) is 18.9. The van der Waals surface area contributed by atoms with Crippen molar-refractivity contribution < 1.29 is 14.3 Å². The smallest absolute Gasteiger partial charge is 0.234 e. The Bertz CT molecular complexity index is 1220. The summed E-state index contributed by atoms with van der Waals surface area (Å²) in [5, 5.41) is 16.5. The monoisotopic (exact) mass is 460 g/mol. The molecule has 0 spiro atoms. The summed E-state index contributed by atoms with van der Waals surface area (Å²) in [6.45, 7) is 1.82. The Balaban J connectivity index is 1.11. The Labute approximate surface area is 196 Å². The van der Waals surface area contributed by atoms with Crippen molar-refractivity contribution in [2.24, 2.45) is 0 Å². The number of fused-ring (bicyclic) bond motifs is 2. The van der Waals surface area contributed by atoms with Gasteiger partial charge in [-0.3, -0.25) is 9.78 Å². The van der Waals surface area contributed by atoms with Gasteiger partial charge in [0.05, 0.1) is 41.3 Å². The summed E-state index contributed by atoms with van der Waals surface area (Å²) in [6.07, 6.45) is 3.65. The molecule has 0 aliphatic carbocycles. The van der Waals surface area contributed by atoms with E-state index in [1.807, 2.05) is 24.3 Å². The van der Waals surface area contributed by atoms with Crippen LogP contribution in [0.5, 0.6) is 5.75 Å². The maximum Gasteiger partial charge on any atom is 0.234 e. The second kappa shape index (κ2) is 9.79. The van der Waals surface area contributed by atoms with E-state index < -0.39 is 0 Å². The van der Waals surface area contributed by atoms with Crippen LogP contribution in [-0.2, 0) is 16.1 Å². The standard InChI is InChI=1S/C25H24N4O3S/c26-11-16-1-5-21-20(9-16)23(7-8-27-21)32-14-19-4-3-18(13-31-19)28-12-17-2-6-24-22(10-17)29-25(30)15-33-24/h1-2,5-10,18-19,28H,3-4,12-15H2,(H,29,30)/t18-,19+/m1/s1. The third-order valence-electron chi connectivity index (χ3n) is 5.90. The van der Waals surface area contributed by atoms with E-state index >= 15 is 0 Å². The lowest BCUT2D eigenvalue weighted by molar-refractivity contribution is -0.113. The summed E-state index contributed by atoms with van der Waals surface area (Å²) in [5.41, 5.74) is 3.44. The SMILES string of the molecule is N#Cc1ccc2nccc(OC[C@@H]3CC[C@@H](NCc4ccc5c(c4)NC(=O)CS5)CO3)c2c1. The van der Waals surface area contributed by atoms with Crippen LogP contribution in [0.25, 0.3) is 10.9 Å². The molecule has 33 heavy (non-hydrogen) atoms. The van der Waals surface area contributed by atoms with E-state index in [0.717, 1.165) is 52.2 Å². The number of hydrogen-bond acceptors (Lipinski definition) is 7. The molecular formula is C25H24N4O3S. The van der Waals surface area contributed by atoms with Crippen molar-refractivity contribution >= 4 is 34.3 Å². The molecule has 0 bridgehead atoms. The van der Waals surface area contributed by atoms with Crippen molar-refractivity contribution in [3.63, 3.8) is 0 Å². The fraction of sp³-hybridized carbons (Fsp3) is 0.320. The lowest BCUT2D eigenvalue weighted by atomic mass is 10.0. The maximum absolute atomic E-state index is 11.6. The van der Waals surface area contributed by atoms with Gasteiger partial charge in [-0.2, -0.15) is 5.26 Å². The van der Waals surface area contributed by atoms with Gasteiger partial charge < -0.3 is 20.1 Å². The second-order valence-corrected chi connectivity index (χ2v) is 9.26.